The molecule has 0 radical (unpaired) electrons. The first-order valence-electron chi connectivity index (χ1n) is 6.69. The van der Waals surface area contributed by atoms with Crippen molar-refractivity contribution in [3.8, 4) is 6.07 Å². The SMILES string of the molecule is CC1CCN(C(=O)c2ccccc2SCC#N)C1CO. The van der Waals surface area contributed by atoms with Gasteiger partial charge < -0.3 is 10.0 Å². The Morgan fingerprint density at radius 3 is 3.00 bits per heavy atom. The zero-order valence-electron chi connectivity index (χ0n) is 11.5. The van der Waals surface area contributed by atoms with Gasteiger partial charge in [-0.2, -0.15) is 5.26 Å². The molecule has 2 atom stereocenters. The maximum absolute atomic E-state index is 12.7. The summed E-state index contributed by atoms with van der Waals surface area (Å²) < 4.78 is 0. The van der Waals surface area contributed by atoms with E-state index in [4.69, 9.17) is 5.26 Å². The summed E-state index contributed by atoms with van der Waals surface area (Å²) in [5, 5.41) is 18.2. The molecule has 20 heavy (non-hydrogen) atoms. The summed E-state index contributed by atoms with van der Waals surface area (Å²) >= 11 is 1.37. The Morgan fingerprint density at radius 1 is 1.55 bits per heavy atom. The monoisotopic (exact) mass is 290 g/mol. The second-order valence-electron chi connectivity index (χ2n) is 4.96. The van der Waals surface area contributed by atoms with Gasteiger partial charge in [-0.15, -0.1) is 11.8 Å². The van der Waals surface area contributed by atoms with Crippen molar-refractivity contribution in [2.24, 2.45) is 5.92 Å². The summed E-state index contributed by atoms with van der Waals surface area (Å²) in [4.78, 5) is 15.3. The Labute approximate surface area is 123 Å². The van der Waals surface area contributed by atoms with Gasteiger partial charge in [0.15, 0.2) is 0 Å². The van der Waals surface area contributed by atoms with E-state index in [9.17, 15) is 9.90 Å². The lowest BCUT2D eigenvalue weighted by atomic mass is 10.0. The van der Waals surface area contributed by atoms with Crippen molar-refractivity contribution in [3.63, 3.8) is 0 Å². The van der Waals surface area contributed by atoms with Gasteiger partial charge in [-0.05, 0) is 24.5 Å². The molecule has 5 heteroatoms. The van der Waals surface area contributed by atoms with Crippen LogP contribution in [-0.2, 0) is 0 Å². The van der Waals surface area contributed by atoms with E-state index < -0.39 is 0 Å². The van der Waals surface area contributed by atoms with Crippen LogP contribution in [0, 0.1) is 17.2 Å². The van der Waals surface area contributed by atoms with Crippen molar-refractivity contribution < 1.29 is 9.90 Å². The first-order valence-corrected chi connectivity index (χ1v) is 7.68. The van der Waals surface area contributed by atoms with Gasteiger partial charge in [-0.25, -0.2) is 0 Å². The average Bonchev–Trinajstić information content (AvgIpc) is 2.85. The minimum absolute atomic E-state index is 0.000409. The number of likely N-dealkylation sites (tertiary alicyclic amines) is 1. The number of nitriles is 1. The number of carbonyl (C=O) groups is 1. The summed E-state index contributed by atoms with van der Waals surface area (Å²) in [6.07, 6.45) is 0.921. The summed E-state index contributed by atoms with van der Waals surface area (Å²) in [6.45, 7) is 2.74. The molecule has 1 aliphatic heterocycles. The molecule has 0 saturated carbocycles. The van der Waals surface area contributed by atoms with Crippen molar-refractivity contribution >= 4 is 17.7 Å². The molecule has 1 heterocycles. The average molecular weight is 290 g/mol. The molecule has 1 aliphatic rings. The van der Waals surface area contributed by atoms with Gasteiger partial charge in [0.1, 0.15) is 0 Å². The summed E-state index contributed by atoms with van der Waals surface area (Å²) in [5.74, 6) is 0.599. The van der Waals surface area contributed by atoms with Crippen molar-refractivity contribution in [2.45, 2.75) is 24.3 Å². The first-order chi connectivity index (χ1) is 9.69. The first kappa shape index (κ1) is 14.9. The number of hydrogen-bond donors (Lipinski definition) is 1. The molecule has 1 N–H and O–H groups in total. The number of amides is 1. The highest BCUT2D eigenvalue weighted by molar-refractivity contribution is 7.99. The maximum Gasteiger partial charge on any atom is 0.255 e. The predicted octanol–water partition coefficient (Wildman–Crippen LogP) is 2.15. The Kier molecular flexibility index (Phi) is 5.05. The molecule has 0 spiro atoms. The fourth-order valence-corrected chi connectivity index (χ4v) is 3.28. The smallest absolute Gasteiger partial charge is 0.255 e. The molecule has 4 nitrogen and oxygen atoms in total. The number of hydrogen-bond acceptors (Lipinski definition) is 4. The Hall–Kier alpha value is -1.51. The van der Waals surface area contributed by atoms with Gasteiger partial charge in [0.05, 0.1) is 30.0 Å². The van der Waals surface area contributed by atoms with Crippen LogP contribution in [0.15, 0.2) is 29.2 Å². The van der Waals surface area contributed by atoms with Crippen molar-refractivity contribution in [2.75, 3.05) is 18.9 Å². The van der Waals surface area contributed by atoms with Crippen molar-refractivity contribution in [1.82, 2.24) is 4.90 Å². The predicted molar refractivity (Wildman–Crippen MR) is 78.5 cm³/mol. The van der Waals surface area contributed by atoms with Crippen LogP contribution in [0.2, 0.25) is 0 Å². The second kappa shape index (κ2) is 6.78. The Morgan fingerprint density at radius 2 is 2.30 bits per heavy atom. The van der Waals surface area contributed by atoms with Crippen molar-refractivity contribution in [1.29, 1.82) is 5.26 Å². The van der Waals surface area contributed by atoms with Crippen LogP contribution in [0.1, 0.15) is 23.7 Å². The van der Waals surface area contributed by atoms with Gasteiger partial charge >= 0.3 is 0 Å². The molecule has 1 saturated heterocycles. The van der Waals surface area contributed by atoms with Crippen LogP contribution in [-0.4, -0.2) is 40.9 Å². The van der Waals surface area contributed by atoms with E-state index >= 15 is 0 Å². The third-order valence-corrected chi connectivity index (χ3v) is 4.68. The number of aliphatic hydroxyl groups excluding tert-OH is 1. The van der Waals surface area contributed by atoms with Gasteiger partial charge in [-0.1, -0.05) is 19.1 Å². The molecule has 1 amide bonds. The zero-order valence-corrected chi connectivity index (χ0v) is 12.3. The number of nitrogens with zero attached hydrogens (tertiary/aromatic N) is 2. The van der Waals surface area contributed by atoms with Gasteiger partial charge in [0.2, 0.25) is 0 Å². The number of carbonyl (C=O) groups excluding carboxylic acids is 1. The lowest BCUT2D eigenvalue weighted by Crippen LogP contribution is -2.40. The molecule has 0 aliphatic carbocycles. The highest BCUT2D eigenvalue weighted by atomic mass is 32.2. The standard InChI is InChI=1S/C15H18N2O2S/c1-11-6-8-17(13(11)10-18)15(19)12-4-2-3-5-14(12)20-9-7-16/h2-5,11,13,18H,6,8-10H2,1H3. The van der Waals surface area contributed by atoms with Crippen LogP contribution in [0.25, 0.3) is 0 Å². The van der Waals surface area contributed by atoms with E-state index in [1.165, 1.54) is 11.8 Å². The van der Waals surface area contributed by atoms with Crippen molar-refractivity contribution in [3.05, 3.63) is 29.8 Å². The quantitative estimate of drug-likeness (QED) is 0.863. The third kappa shape index (κ3) is 2.97. The van der Waals surface area contributed by atoms with Crippen LogP contribution in [0.4, 0.5) is 0 Å². The van der Waals surface area contributed by atoms with E-state index in [0.717, 1.165) is 11.3 Å². The zero-order chi connectivity index (χ0) is 14.5. The molecular formula is C15H18N2O2S. The lowest BCUT2D eigenvalue weighted by molar-refractivity contribution is 0.0645. The maximum atomic E-state index is 12.7. The molecule has 0 bridgehead atoms. The largest absolute Gasteiger partial charge is 0.394 e. The van der Waals surface area contributed by atoms with Crippen LogP contribution < -0.4 is 0 Å². The topological polar surface area (TPSA) is 64.3 Å². The number of aliphatic hydroxyl groups is 1. The third-order valence-electron chi connectivity index (χ3n) is 3.74. The van der Waals surface area contributed by atoms with Crippen LogP contribution in [0.5, 0.6) is 0 Å². The van der Waals surface area contributed by atoms with E-state index in [2.05, 4.69) is 13.0 Å². The van der Waals surface area contributed by atoms with E-state index in [1.807, 2.05) is 18.2 Å². The molecule has 2 rings (SSSR count). The van der Waals surface area contributed by atoms with Gasteiger partial charge in [0, 0.05) is 11.4 Å². The molecule has 1 aromatic carbocycles. The summed E-state index contributed by atoms with van der Waals surface area (Å²) in [6, 6.07) is 9.33. The summed E-state index contributed by atoms with van der Waals surface area (Å²) in [7, 11) is 0. The number of thioether (sulfide) groups is 1. The molecular weight excluding hydrogens is 272 g/mol. The number of benzene rings is 1. The minimum atomic E-state index is -0.100. The fraction of sp³-hybridized carbons (Fsp3) is 0.467. The second-order valence-corrected chi connectivity index (χ2v) is 5.97. The van der Waals surface area contributed by atoms with Gasteiger partial charge in [0.25, 0.3) is 5.91 Å². The molecule has 0 aromatic heterocycles. The van der Waals surface area contributed by atoms with E-state index in [0.29, 0.717) is 23.8 Å². The molecule has 1 fully saturated rings. The lowest BCUT2D eigenvalue weighted by Gasteiger charge is -2.26. The highest BCUT2D eigenvalue weighted by Crippen LogP contribution is 2.29. The van der Waals surface area contributed by atoms with Gasteiger partial charge in [-0.3, -0.25) is 4.79 Å². The normalized spacial score (nSPS) is 21.8. The molecule has 1 aromatic rings. The number of rotatable bonds is 4. The summed E-state index contributed by atoms with van der Waals surface area (Å²) in [5.41, 5.74) is 0.625. The Balaban J connectivity index is 2.23. The van der Waals surface area contributed by atoms with Crippen LogP contribution in [0.3, 0.4) is 0 Å². The molecule has 2 unspecified atom stereocenters. The minimum Gasteiger partial charge on any atom is -0.394 e. The highest BCUT2D eigenvalue weighted by Gasteiger charge is 2.34. The molecule has 106 valence electrons. The van der Waals surface area contributed by atoms with Crippen LogP contribution >= 0.6 is 11.8 Å². The van der Waals surface area contributed by atoms with E-state index in [1.54, 1.807) is 11.0 Å². The Bertz CT molecular complexity index is 527. The fourth-order valence-electron chi connectivity index (χ4n) is 2.57. The van der Waals surface area contributed by atoms with E-state index in [-0.39, 0.29) is 18.6 Å².